The number of nitrogens with zero attached hydrogens (tertiary/aromatic N) is 1. The first-order chi connectivity index (χ1) is 7.66. The number of carbonyl (C=O) groups excluding carboxylic acids is 2. The number of likely N-dealkylation sites (tertiary alicyclic amines) is 1. The zero-order chi connectivity index (χ0) is 11.5. The summed E-state index contributed by atoms with van der Waals surface area (Å²) >= 11 is 0. The number of piperidine rings is 1. The number of benzene rings is 1. The van der Waals surface area contributed by atoms with E-state index in [0.717, 1.165) is 0 Å². The van der Waals surface area contributed by atoms with Crippen molar-refractivity contribution in [1.82, 2.24) is 4.90 Å². The molecule has 1 aromatic carbocycles. The van der Waals surface area contributed by atoms with Crippen LogP contribution in [-0.4, -0.2) is 28.2 Å². The minimum Gasteiger partial charge on any atom is -0.508 e. The van der Waals surface area contributed by atoms with Gasteiger partial charge >= 0.3 is 0 Å². The molecule has 1 N–H and O–H groups in total. The van der Waals surface area contributed by atoms with Crippen molar-refractivity contribution in [2.45, 2.75) is 19.4 Å². The fourth-order valence-electron chi connectivity index (χ4n) is 1.77. The molecule has 4 nitrogen and oxygen atoms in total. The van der Waals surface area contributed by atoms with E-state index in [4.69, 9.17) is 0 Å². The van der Waals surface area contributed by atoms with Gasteiger partial charge in [-0.15, -0.1) is 0 Å². The molecule has 4 heteroatoms. The maximum atomic E-state index is 11.5. The molecule has 0 aromatic heterocycles. The molecule has 0 atom stereocenters. The van der Waals surface area contributed by atoms with E-state index < -0.39 is 0 Å². The summed E-state index contributed by atoms with van der Waals surface area (Å²) in [5.74, 6) is 0.0326. The lowest BCUT2D eigenvalue weighted by Crippen LogP contribution is -2.38. The number of amides is 1. The van der Waals surface area contributed by atoms with Crippen LogP contribution in [0.15, 0.2) is 24.3 Å². The molecule has 1 saturated heterocycles. The van der Waals surface area contributed by atoms with Gasteiger partial charge in [0.15, 0.2) is 0 Å². The van der Waals surface area contributed by atoms with Crippen LogP contribution in [0.3, 0.4) is 0 Å². The summed E-state index contributed by atoms with van der Waals surface area (Å²) in [4.78, 5) is 24.2. The number of aromatic hydroxyl groups is 1. The molecule has 2 rings (SSSR count). The molecule has 0 radical (unpaired) electrons. The standard InChI is InChI=1S/C12H13NO3/c14-10-5-6-13(12(16)7-10)8-9-3-1-2-4-11(9)15/h1-4,15H,5-8H2. The number of hydrogen-bond donors (Lipinski definition) is 1. The van der Waals surface area contributed by atoms with E-state index in [1.54, 1.807) is 23.1 Å². The van der Waals surface area contributed by atoms with Crippen molar-refractivity contribution < 1.29 is 14.7 Å². The number of hydrogen-bond acceptors (Lipinski definition) is 3. The maximum absolute atomic E-state index is 11.5. The fourth-order valence-corrected chi connectivity index (χ4v) is 1.77. The molecular weight excluding hydrogens is 206 g/mol. The Balaban J connectivity index is 2.08. The smallest absolute Gasteiger partial charge is 0.230 e. The zero-order valence-electron chi connectivity index (χ0n) is 8.85. The van der Waals surface area contributed by atoms with Gasteiger partial charge in [-0.2, -0.15) is 0 Å². The van der Waals surface area contributed by atoms with E-state index in [0.29, 0.717) is 25.1 Å². The van der Waals surface area contributed by atoms with Gasteiger partial charge in [0.2, 0.25) is 5.91 Å². The first-order valence-corrected chi connectivity index (χ1v) is 5.23. The van der Waals surface area contributed by atoms with Crippen LogP contribution in [0.4, 0.5) is 0 Å². The van der Waals surface area contributed by atoms with Crippen LogP contribution in [-0.2, 0) is 16.1 Å². The Morgan fingerprint density at radius 3 is 2.69 bits per heavy atom. The van der Waals surface area contributed by atoms with Gasteiger partial charge in [0.1, 0.15) is 11.5 Å². The lowest BCUT2D eigenvalue weighted by atomic mass is 10.1. The summed E-state index contributed by atoms with van der Waals surface area (Å²) in [5.41, 5.74) is 0.713. The first kappa shape index (κ1) is 10.7. The zero-order valence-corrected chi connectivity index (χ0v) is 8.85. The number of phenolic OH excluding ortho intramolecular Hbond substituents is 1. The van der Waals surface area contributed by atoms with Crippen LogP contribution in [0, 0.1) is 0 Å². The summed E-state index contributed by atoms with van der Waals surface area (Å²) in [7, 11) is 0. The van der Waals surface area contributed by atoms with E-state index >= 15 is 0 Å². The third-order valence-electron chi connectivity index (χ3n) is 2.71. The van der Waals surface area contributed by atoms with Gasteiger partial charge in [0, 0.05) is 25.1 Å². The molecule has 84 valence electrons. The first-order valence-electron chi connectivity index (χ1n) is 5.23. The number of ketones is 1. The predicted octanol–water partition coefficient (Wildman–Crippen LogP) is 1.08. The van der Waals surface area contributed by atoms with Crippen molar-refractivity contribution in [3.8, 4) is 5.75 Å². The number of carbonyl (C=O) groups is 2. The predicted molar refractivity (Wildman–Crippen MR) is 57.8 cm³/mol. The van der Waals surface area contributed by atoms with Gasteiger partial charge in [0.25, 0.3) is 0 Å². The second kappa shape index (κ2) is 4.35. The van der Waals surface area contributed by atoms with Crippen LogP contribution in [0.25, 0.3) is 0 Å². The quantitative estimate of drug-likeness (QED) is 0.757. The minimum atomic E-state index is -0.153. The normalized spacial score (nSPS) is 16.6. The molecule has 1 aliphatic rings. The summed E-state index contributed by atoms with van der Waals surface area (Å²) < 4.78 is 0. The van der Waals surface area contributed by atoms with Gasteiger partial charge < -0.3 is 10.0 Å². The number of rotatable bonds is 2. The Hall–Kier alpha value is -1.84. The minimum absolute atomic E-state index is 0.00136. The topological polar surface area (TPSA) is 57.6 Å². The molecule has 1 heterocycles. The summed E-state index contributed by atoms with van der Waals surface area (Å²) in [5, 5.41) is 9.57. The van der Waals surface area contributed by atoms with Gasteiger partial charge in [-0.3, -0.25) is 9.59 Å². The molecule has 0 bridgehead atoms. The second-order valence-corrected chi connectivity index (χ2v) is 3.91. The molecule has 0 spiro atoms. The van der Waals surface area contributed by atoms with Crippen LogP contribution in [0.1, 0.15) is 18.4 Å². The highest BCUT2D eigenvalue weighted by atomic mass is 16.3. The molecule has 0 aliphatic carbocycles. The summed E-state index contributed by atoms with van der Waals surface area (Å²) in [6, 6.07) is 6.92. The highest BCUT2D eigenvalue weighted by molar-refractivity contribution is 6.00. The third-order valence-corrected chi connectivity index (χ3v) is 2.71. The van der Waals surface area contributed by atoms with Crippen molar-refractivity contribution in [1.29, 1.82) is 0 Å². The van der Waals surface area contributed by atoms with Crippen molar-refractivity contribution in [3.63, 3.8) is 0 Å². The third kappa shape index (κ3) is 2.21. The molecule has 1 amide bonds. The average Bonchev–Trinajstić information content (AvgIpc) is 2.25. The number of para-hydroxylation sites is 1. The van der Waals surface area contributed by atoms with Crippen molar-refractivity contribution >= 4 is 11.7 Å². The fraction of sp³-hybridized carbons (Fsp3) is 0.333. The van der Waals surface area contributed by atoms with Crippen LogP contribution in [0.2, 0.25) is 0 Å². The number of Topliss-reactive ketones (excluding diaryl/α,β-unsaturated/α-hetero) is 1. The van der Waals surface area contributed by atoms with Crippen molar-refractivity contribution in [3.05, 3.63) is 29.8 Å². The highest BCUT2D eigenvalue weighted by Gasteiger charge is 2.23. The van der Waals surface area contributed by atoms with E-state index in [1.165, 1.54) is 0 Å². The molecule has 1 aliphatic heterocycles. The van der Waals surface area contributed by atoms with Gasteiger partial charge in [-0.1, -0.05) is 18.2 Å². The monoisotopic (exact) mass is 219 g/mol. The molecule has 1 aromatic rings. The van der Waals surface area contributed by atoms with Gasteiger partial charge in [-0.05, 0) is 6.07 Å². The Morgan fingerprint density at radius 1 is 1.25 bits per heavy atom. The molecule has 1 fully saturated rings. The second-order valence-electron chi connectivity index (χ2n) is 3.91. The molecule has 0 saturated carbocycles. The van der Waals surface area contributed by atoms with Crippen LogP contribution >= 0.6 is 0 Å². The number of phenols is 1. The maximum Gasteiger partial charge on any atom is 0.230 e. The van der Waals surface area contributed by atoms with Gasteiger partial charge in [-0.25, -0.2) is 0 Å². The van der Waals surface area contributed by atoms with Crippen molar-refractivity contribution in [2.24, 2.45) is 0 Å². The summed E-state index contributed by atoms with van der Waals surface area (Å²) in [6.45, 7) is 0.824. The highest BCUT2D eigenvalue weighted by Crippen LogP contribution is 2.19. The van der Waals surface area contributed by atoms with Gasteiger partial charge in [0.05, 0.1) is 6.42 Å². The Labute approximate surface area is 93.5 Å². The van der Waals surface area contributed by atoms with Crippen LogP contribution < -0.4 is 0 Å². The largest absolute Gasteiger partial charge is 0.508 e. The Bertz CT molecular complexity index is 428. The molecule has 0 unspecified atom stereocenters. The average molecular weight is 219 g/mol. The van der Waals surface area contributed by atoms with Crippen LogP contribution in [0.5, 0.6) is 5.75 Å². The van der Waals surface area contributed by atoms with E-state index in [-0.39, 0.29) is 23.9 Å². The Kier molecular flexibility index (Phi) is 2.90. The van der Waals surface area contributed by atoms with E-state index in [2.05, 4.69) is 0 Å². The lowest BCUT2D eigenvalue weighted by molar-refractivity contribution is -0.139. The van der Waals surface area contributed by atoms with E-state index in [9.17, 15) is 14.7 Å². The van der Waals surface area contributed by atoms with E-state index in [1.807, 2.05) is 6.07 Å². The summed E-state index contributed by atoms with van der Waals surface area (Å²) in [6.07, 6.45) is 0.410. The molecular formula is C12H13NO3. The SMILES string of the molecule is O=C1CCN(Cc2ccccc2O)C(=O)C1. The van der Waals surface area contributed by atoms with Crippen molar-refractivity contribution in [2.75, 3.05) is 6.54 Å². The molecule has 16 heavy (non-hydrogen) atoms. The lowest BCUT2D eigenvalue weighted by Gasteiger charge is -2.26. The Morgan fingerprint density at radius 2 is 2.00 bits per heavy atom.